The summed E-state index contributed by atoms with van der Waals surface area (Å²) < 4.78 is 1.32. The number of hydrogen-bond donors (Lipinski definition) is 2. The summed E-state index contributed by atoms with van der Waals surface area (Å²) in [7, 11) is 1.76. The van der Waals surface area contributed by atoms with E-state index in [2.05, 4.69) is 22.2 Å². The van der Waals surface area contributed by atoms with Gasteiger partial charge in [-0.1, -0.05) is 6.92 Å². The Bertz CT molecular complexity index is 480. The monoisotopic (exact) mass is 280 g/mol. The average Bonchev–Trinajstić information content (AvgIpc) is 2.42. The molecule has 0 aromatic carbocycles. The molecule has 0 radical (unpaired) electrons. The van der Waals surface area contributed by atoms with Gasteiger partial charge in [-0.3, -0.25) is 4.79 Å². The maximum Gasteiger partial charge on any atom is 0.268 e. The molecule has 112 valence electrons. The minimum absolute atomic E-state index is 0.156. The van der Waals surface area contributed by atoms with Gasteiger partial charge in [0.25, 0.3) is 5.56 Å². The fourth-order valence-electron chi connectivity index (χ4n) is 2.50. The van der Waals surface area contributed by atoms with E-state index in [0.717, 1.165) is 37.5 Å². The van der Waals surface area contributed by atoms with E-state index < -0.39 is 6.10 Å². The van der Waals surface area contributed by atoms with Crippen LogP contribution in [0.5, 0.6) is 0 Å². The molecule has 1 aromatic heterocycles. The van der Waals surface area contributed by atoms with Crippen LogP contribution in [0.25, 0.3) is 0 Å². The molecule has 2 rings (SSSR count). The summed E-state index contributed by atoms with van der Waals surface area (Å²) in [4.78, 5) is 14.2. The van der Waals surface area contributed by atoms with Gasteiger partial charge in [-0.2, -0.15) is 5.10 Å². The zero-order valence-electron chi connectivity index (χ0n) is 12.2. The van der Waals surface area contributed by atoms with Crippen LogP contribution in [0.1, 0.15) is 19.8 Å². The molecule has 1 aliphatic heterocycles. The molecule has 0 bridgehead atoms. The molecule has 1 fully saturated rings. The lowest BCUT2D eigenvalue weighted by atomic mass is 9.99. The van der Waals surface area contributed by atoms with Crippen molar-refractivity contribution in [3.8, 4) is 0 Å². The quantitative estimate of drug-likeness (QED) is 0.798. The SMILES string of the molecule is CNCC(O)Cn1ncc(N2CCC(C)CC2)cc1=O. The molecule has 20 heavy (non-hydrogen) atoms. The average molecular weight is 280 g/mol. The van der Waals surface area contributed by atoms with Crippen LogP contribution in [-0.4, -0.2) is 47.7 Å². The molecule has 0 amide bonds. The van der Waals surface area contributed by atoms with Gasteiger partial charge in [-0.05, 0) is 25.8 Å². The molecule has 6 nitrogen and oxygen atoms in total. The molecule has 2 heterocycles. The zero-order valence-corrected chi connectivity index (χ0v) is 12.2. The van der Waals surface area contributed by atoms with E-state index in [0.29, 0.717) is 6.54 Å². The Kier molecular flexibility index (Phi) is 5.14. The molecule has 1 atom stereocenters. The van der Waals surface area contributed by atoms with Crippen molar-refractivity contribution in [3.63, 3.8) is 0 Å². The van der Waals surface area contributed by atoms with Gasteiger partial charge < -0.3 is 15.3 Å². The molecule has 6 heteroatoms. The number of aliphatic hydroxyl groups is 1. The lowest BCUT2D eigenvalue weighted by molar-refractivity contribution is 0.147. The van der Waals surface area contributed by atoms with Crippen LogP contribution in [0, 0.1) is 5.92 Å². The summed E-state index contributed by atoms with van der Waals surface area (Å²) in [5.74, 6) is 0.760. The van der Waals surface area contributed by atoms with Crippen molar-refractivity contribution in [3.05, 3.63) is 22.6 Å². The van der Waals surface area contributed by atoms with E-state index in [-0.39, 0.29) is 12.1 Å². The van der Waals surface area contributed by atoms with Gasteiger partial charge in [0.2, 0.25) is 0 Å². The van der Waals surface area contributed by atoms with Gasteiger partial charge >= 0.3 is 0 Å². The Balaban J connectivity index is 2.04. The zero-order chi connectivity index (χ0) is 14.5. The summed E-state index contributed by atoms with van der Waals surface area (Å²) in [6.45, 7) is 4.89. The van der Waals surface area contributed by atoms with Crippen LogP contribution < -0.4 is 15.8 Å². The van der Waals surface area contributed by atoms with Gasteiger partial charge in [-0.25, -0.2) is 4.68 Å². The van der Waals surface area contributed by atoms with Crippen molar-refractivity contribution in [2.24, 2.45) is 5.92 Å². The number of rotatable bonds is 5. The second-order valence-electron chi connectivity index (χ2n) is 5.62. The maximum absolute atomic E-state index is 12.0. The fraction of sp³-hybridized carbons (Fsp3) is 0.714. The van der Waals surface area contributed by atoms with E-state index in [1.807, 2.05) is 0 Å². The topological polar surface area (TPSA) is 70.4 Å². The molecule has 0 aliphatic carbocycles. The minimum Gasteiger partial charge on any atom is -0.390 e. The molecule has 1 unspecified atom stereocenters. The first-order valence-corrected chi connectivity index (χ1v) is 7.25. The van der Waals surface area contributed by atoms with E-state index in [4.69, 9.17) is 0 Å². The van der Waals surface area contributed by atoms with Crippen LogP contribution in [0.3, 0.4) is 0 Å². The van der Waals surface area contributed by atoms with Gasteiger partial charge in [-0.15, -0.1) is 0 Å². The predicted octanol–water partition coefficient (Wildman–Crippen LogP) is 0.0599. The third-order valence-corrected chi connectivity index (χ3v) is 3.83. The smallest absolute Gasteiger partial charge is 0.268 e. The van der Waals surface area contributed by atoms with E-state index in [9.17, 15) is 9.90 Å². The Labute approximate surface area is 119 Å². The third kappa shape index (κ3) is 3.80. The summed E-state index contributed by atoms with van der Waals surface area (Å²) in [5.41, 5.74) is 0.734. The lowest BCUT2D eigenvalue weighted by Gasteiger charge is -2.31. The Morgan fingerprint density at radius 1 is 1.50 bits per heavy atom. The first-order chi connectivity index (χ1) is 9.60. The number of piperidine rings is 1. The number of aliphatic hydroxyl groups excluding tert-OH is 1. The third-order valence-electron chi connectivity index (χ3n) is 3.83. The predicted molar refractivity (Wildman–Crippen MR) is 79.0 cm³/mol. The van der Waals surface area contributed by atoms with Crippen LogP contribution in [0.2, 0.25) is 0 Å². The standard InChI is InChI=1S/C14H24N4O2/c1-11-3-5-17(6-4-11)12-7-14(20)18(16-8-12)10-13(19)9-15-2/h7-8,11,13,15,19H,3-6,9-10H2,1-2H3. The Morgan fingerprint density at radius 2 is 2.20 bits per heavy atom. The highest BCUT2D eigenvalue weighted by Crippen LogP contribution is 2.20. The minimum atomic E-state index is -0.605. The highest BCUT2D eigenvalue weighted by atomic mass is 16.3. The van der Waals surface area contributed by atoms with Crippen LogP contribution in [0.15, 0.2) is 17.1 Å². The summed E-state index contributed by atoms with van der Waals surface area (Å²) >= 11 is 0. The molecular formula is C14H24N4O2. The first-order valence-electron chi connectivity index (χ1n) is 7.25. The summed E-state index contributed by atoms with van der Waals surface area (Å²) in [6.07, 6.45) is 3.43. The van der Waals surface area contributed by atoms with Crippen LogP contribution in [0.4, 0.5) is 5.69 Å². The number of hydrogen-bond acceptors (Lipinski definition) is 5. The number of nitrogens with one attached hydrogen (secondary N) is 1. The number of likely N-dealkylation sites (N-methyl/N-ethyl adjacent to an activating group) is 1. The highest BCUT2D eigenvalue weighted by molar-refractivity contribution is 5.43. The summed E-state index contributed by atoms with van der Waals surface area (Å²) in [6, 6.07) is 1.62. The second-order valence-corrected chi connectivity index (χ2v) is 5.62. The van der Waals surface area contributed by atoms with Gasteiger partial charge in [0.15, 0.2) is 0 Å². The van der Waals surface area contributed by atoms with Crippen molar-refractivity contribution in [1.29, 1.82) is 0 Å². The molecule has 1 aromatic rings. The second kappa shape index (κ2) is 6.85. The van der Waals surface area contributed by atoms with Crippen LogP contribution >= 0.6 is 0 Å². The number of anilines is 1. The van der Waals surface area contributed by atoms with E-state index in [1.165, 1.54) is 4.68 Å². The molecule has 1 saturated heterocycles. The number of nitrogens with zero attached hydrogens (tertiary/aromatic N) is 3. The largest absolute Gasteiger partial charge is 0.390 e. The van der Waals surface area contributed by atoms with Crippen molar-refractivity contribution in [1.82, 2.24) is 15.1 Å². The van der Waals surface area contributed by atoms with Gasteiger partial charge in [0.05, 0.1) is 24.5 Å². The van der Waals surface area contributed by atoms with Crippen molar-refractivity contribution >= 4 is 5.69 Å². The molecule has 1 aliphatic rings. The fourth-order valence-corrected chi connectivity index (χ4v) is 2.50. The molecule has 0 saturated carbocycles. The van der Waals surface area contributed by atoms with Crippen molar-refractivity contribution < 1.29 is 5.11 Å². The number of aromatic nitrogens is 2. The normalized spacial score (nSPS) is 18.2. The Morgan fingerprint density at radius 3 is 2.80 bits per heavy atom. The summed E-state index contributed by atoms with van der Waals surface area (Å²) in [5, 5.41) is 16.7. The lowest BCUT2D eigenvalue weighted by Crippen LogP contribution is -2.36. The van der Waals surface area contributed by atoms with Crippen molar-refractivity contribution in [2.75, 3.05) is 31.6 Å². The van der Waals surface area contributed by atoms with E-state index >= 15 is 0 Å². The molecular weight excluding hydrogens is 256 g/mol. The van der Waals surface area contributed by atoms with Crippen molar-refractivity contribution in [2.45, 2.75) is 32.4 Å². The van der Waals surface area contributed by atoms with Crippen LogP contribution in [-0.2, 0) is 6.54 Å². The van der Waals surface area contributed by atoms with Gasteiger partial charge in [0, 0.05) is 25.7 Å². The maximum atomic E-state index is 12.0. The Hall–Kier alpha value is -1.40. The van der Waals surface area contributed by atoms with E-state index in [1.54, 1.807) is 19.3 Å². The highest BCUT2D eigenvalue weighted by Gasteiger charge is 2.17. The first kappa shape index (κ1) is 15.0. The van der Waals surface area contributed by atoms with Gasteiger partial charge in [0.1, 0.15) is 0 Å². The molecule has 2 N–H and O–H groups in total. The molecule has 0 spiro atoms.